The van der Waals surface area contributed by atoms with Gasteiger partial charge in [0.2, 0.25) is 0 Å². The van der Waals surface area contributed by atoms with E-state index in [4.69, 9.17) is 28.4 Å². The summed E-state index contributed by atoms with van der Waals surface area (Å²) in [6, 6.07) is 17.3. The third-order valence-electron chi connectivity index (χ3n) is 13.0. The number of benzene rings is 2. The Bertz CT molecular complexity index is 1600. The number of ether oxygens (including phenoxy) is 6. The molecule has 9 nitrogen and oxygen atoms in total. The first-order valence-electron chi connectivity index (χ1n) is 19.0. The van der Waals surface area contributed by atoms with Gasteiger partial charge in [-0.15, -0.1) is 0 Å². The highest BCUT2D eigenvalue weighted by atomic mass is 16.6. The first-order valence-corrected chi connectivity index (χ1v) is 19.0. The molecule has 2 atom stereocenters. The second kappa shape index (κ2) is 15.6. The fraction of sp³-hybridized carbons (Fsp3) is 0.523. The van der Waals surface area contributed by atoms with E-state index >= 15 is 0 Å². The highest BCUT2D eigenvalue weighted by molar-refractivity contribution is 5.82. The van der Waals surface area contributed by atoms with Crippen LogP contribution in [0.3, 0.4) is 0 Å². The van der Waals surface area contributed by atoms with Gasteiger partial charge in [-0.1, -0.05) is 76.9 Å². The zero-order valence-electron chi connectivity index (χ0n) is 31.4. The molecule has 2 aromatic carbocycles. The zero-order chi connectivity index (χ0) is 37.9. The van der Waals surface area contributed by atoms with Gasteiger partial charge in [0.1, 0.15) is 30.2 Å². The lowest BCUT2D eigenvalue weighted by Crippen LogP contribution is -2.63. The average Bonchev–Trinajstić information content (AvgIpc) is 3.19. The second-order valence-corrected chi connectivity index (χ2v) is 15.8. The molecule has 2 aliphatic carbocycles. The van der Waals surface area contributed by atoms with Crippen molar-refractivity contribution in [1.29, 1.82) is 0 Å². The molecule has 2 aromatic rings. The molecule has 4 fully saturated rings. The molecule has 9 heteroatoms. The van der Waals surface area contributed by atoms with Crippen molar-refractivity contribution in [1.82, 2.24) is 0 Å². The molecule has 0 N–H and O–H groups in total. The predicted molar refractivity (Wildman–Crippen MR) is 200 cm³/mol. The van der Waals surface area contributed by atoms with Gasteiger partial charge in [0, 0.05) is 23.6 Å². The average molecular weight is 727 g/mol. The summed E-state index contributed by atoms with van der Waals surface area (Å²) in [5.41, 5.74) is 2.48. The third-order valence-corrected chi connectivity index (χ3v) is 13.0. The topological polar surface area (TPSA) is 107 Å². The normalized spacial score (nSPS) is 29.0. The van der Waals surface area contributed by atoms with Crippen LogP contribution in [0.2, 0.25) is 0 Å². The van der Waals surface area contributed by atoms with E-state index in [1.165, 1.54) is 23.3 Å². The summed E-state index contributed by atoms with van der Waals surface area (Å²) in [6.45, 7) is 18.7. The van der Waals surface area contributed by atoms with Crippen LogP contribution >= 0.6 is 0 Å². The third kappa shape index (κ3) is 7.60. The number of carbonyl (C=O) groups excluding carboxylic acids is 3. The van der Waals surface area contributed by atoms with Gasteiger partial charge in [0.05, 0.1) is 13.2 Å². The van der Waals surface area contributed by atoms with E-state index in [0.717, 1.165) is 63.0 Å². The SMILES string of the molecule is C=CC(=O)OCCOc1ccc(C(C)(C)c2ccc(C(C)(C3CCC4(CC3)OCC4OC(=O)C=C)C3CCC4(CC3)OCC4OC(=O)C=C)cc2)cc1. The minimum Gasteiger partial charge on any atom is -0.490 e. The highest BCUT2D eigenvalue weighted by Gasteiger charge is 2.58. The van der Waals surface area contributed by atoms with Crippen molar-refractivity contribution in [2.45, 2.75) is 106 Å². The van der Waals surface area contributed by atoms with Gasteiger partial charge in [-0.3, -0.25) is 0 Å². The van der Waals surface area contributed by atoms with Crippen molar-refractivity contribution in [3.8, 4) is 5.75 Å². The van der Waals surface area contributed by atoms with Crippen molar-refractivity contribution < 1.29 is 42.8 Å². The molecule has 2 saturated carbocycles. The number of esters is 3. The van der Waals surface area contributed by atoms with Crippen LogP contribution in [0, 0.1) is 11.8 Å². The Morgan fingerprint density at radius 3 is 1.47 bits per heavy atom. The Labute approximate surface area is 313 Å². The van der Waals surface area contributed by atoms with E-state index in [1.54, 1.807) is 0 Å². The Balaban J connectivity index is 1.19. The maximum Gasteiger partial charge on any atom is 0.330 e. The van der Waals surface area contributed by atoms with E-state index in [0.29, 0.717) is 30.8 Å². The standard InChI is InChI=1S/C44H54O9/c1-7-38(45)49-27-26-48-35-16-14-31(15-17-35)41(4,5)30-10-12-32(13-11-30)42(6,33-18-22-43(23-19-33)36(28-50-43)52-39(46)8-2)34-20-24-44(25-21-34)37(29-51-44)53-40(47)9-3/h7-17,33-34,36-37H,1-3,18-29H2,4-6H3. The van der Waals surface area contributed by atoms with Gasteiger partial charge in [-0.25, -0.2) is 14.4 Å². The van der Waals surface area contributed by atoms with Crippen LogP contribution in [0.4, 0.5) is 0 Å². The van der Waals surface area contributed by atoms with Crippen LogP contribution in [-0.2, 0) is 48.9 Å². The molecule has 0 bridgehead atoms. The van der Waals surface area contributed by atoms with E-state index < -0.39 is 29.1 Å². The molecule has 2 saturated heterocycles. The Kier molecular flexibility index (Phi) is 11.4. The first kappa shape index (κ1) is 38.5. The lowest BCUT2D eigenvalue weighted by molar-refractivity contribution is -0.267. The molecule has 53 heavy (non-hydrogen) atoms. The molecule has 2 spiro atoms. The lowest BCUT2D eigenvalue weighted by atomic mass is 9.54. The van der Waals surface area contributed by atoms with Crippen molar-refractivity contribution >= 4 is 17.9 Å². The molecule has 0 amide bonds. The molecule has 2 aliphatic heterocycles. The predicted octanol–water partition coefficient (Wildman–Crippen LogP) is 7.49. The molecule has 2 heterocycles. The lowest BCUT2D eigenvalue weighted by Gasteiger charge is -2.57. The molecular formula is C44H54O9. The number of carbonyl (C=O) groups is 3. The van der Waals surface area contributed by atoms with E-state index in [9.17, 15) is 14.4 Å². The van der Waals surface area contributed by atoms with E-state index in [1.807, 2.05) is 12.1 Å². The molecule has 0 aromatic heterocycles. The molecular weight excluding hydrogens is 672 g/mol. The fourth-order valence-corrected chi connectivity index (χ4v) is 9.32. The highest BCUT2D eigenvalue weighted by Crippen LogP contribution is 2.56. The van der Waals surface area contributed by atoms with Crippen LogP contribution in [0.15, 0.2) is 86.5 Å². The van der Waals surface area contributed by atoms with Crippen molar-refractivity contribution in [2.24, 2.45) is 11.8 Å². The Hall–Kier alpha value is -4.21. The van der Waals surface area contributed by atoms with Gasteiger partial charge >= 0.3 is 17.9 Å². The van der Waals surface area contributed by atoms with Crippen LogP contribution in [0.1, 0.15) is 88.8 Å². The van der Waals surface area contributed by atoms with Crippen molar-refractivity contribution in [3.05, 3.63) is 103 Å². The van der Waals surface area contributed by atoms with E-state index in [2.05, 4.69) is 76.9 Å². The van der Waals surface area contributed by atoms with Crippen LogP contribution in [0.25, 0.3) is 0 Å². The van der Waals surface area contributed by atoms with Gasteiger partial charge < -0.3 is 28.4 Å². The van der Waals surface area contributed by atoms with Gasteiger partial charge in [-0.05, 0) is 97.4 Å². The number of hydrogen-bond acceptors (Lipinski definition) is 9. The molecule has 284 valence electrons. The van der Waals surface area contributed by atoms with Gasteiger partial charge in [0.25, 0.3) is 0 Å². The van der Waals surface area contributed by atoms with Crippen molar-refractivity contribution in [3.63, 3.8) is 0 Å². The Morgan fingerprint density at radius 1 is 0.660 bits per heavy atom. The molecule has 0 radical (unpaired) electrons. The zero-order valence-corrected chi connectivity index (χ0v) is 31.4. The largest absolute Gasteiger partial charge is 0.490 e. The molecule has 4 aliphatic rings. The van der Waals surface area contributed by atoms with E-state index in [-0.39, 0.29) is 36.3 Å². The first-order chi connectivity index (χ1) is 25.4. The molecule has 2 unspecified atom stereocenters. The maximum absolute atomic E-state index is 12.1. The van der Waals surface area contributed by atoms with Crippen LogP contribution < -0.4 is 4.74 Å². The monoisotopic (exact) mass is 726 g/mol. The summed E-state index contributed by atoms with van der Waals surface area (Å²) in [7, 11) is 0. The number of hydrogen-bond donors (Lipinski definition) is 0. The Morgan fingerprint density at radius 2 is 1.08 bits per heavy atom. The van der Waals surface area contributed by atoms with Crippen molar-refractivity contribution in [2.75, 3.05) is 26.4 Å². The van der Waals surface area contributed by atoms with Crippen LogP contribution in [-0.4, -0.2) is 67.7 Å². The summed E-state index contributed by atoms with van der Waals surface area (Å²) in [4.78, 5) is 35.4. The number of rotatable bonds is 14. The van der Waals surface area contributed by atoms with Crippen LogP contribution in [0.5, 0.6) is 5.75 Å². The second-order valence-electron chi connectivity index (χ2n) is 15.8. The summed E-state index contributed by atoms with van der Waals surface area (Å²) in [6.07, 6.45) is 10.3. The quantitative estimate of drug-likeness (QED) is 0.0847. The minimum atomic E-state index is -0.466. The van der Waals surface area contributed by atoms with Gasteiger partial charge in [-0.2, -0.15) is 0 Å². The van der Waals surface area contributed by atoms with Gasteiger partial charge in [0.15, 0.2) is 12.2 Å². The summed E-state index contributed by atoms with van der Waals surface area (Å²) in [5, 5.41) is 0. The summed E-state index contributed by atoms with van der Waals surface area (Å²) < 4.78 is 34.5. The fourth-order valence-electron chi connectivity index (χ4n) is 9.32. The maximum atomic E-state index is 12.1. The summed E-state index contributed by atoms with van der Waals surface area (Å²) >= 11 is 0. The molecule has 6 rings (SSSR count). The smallest absolute Gasteiger partial charge is 0.330 e. The minimum absolute atomic E-state index is 0.126. The summed E-state index contributed by atoms with van der Waals surface area (Å²) in [5.74, 6) is 0.251.